The maximum Gasteiger partial charge on any atom is 0.275 e. The highest BCUT2D eigenvalue weighted by molar-refractivity contribution is 7.98. The Labute approximate surface area is 202 Å². The van der Waals surface area contributed by atoms with E-state index in [9.17, 15) is 14.4 Å². The van der Waals surface area contributed by atoms with Crippen LogP contribution >= 0.6 is 11.8 Å². The maximum absolute atomic E-state index is 12.4. The van der Waals surface area contributed by atoms with Crippen molar-refractivity contribution in [2.45, 2.75) is 10.9 Å². The van der Waals surface area contributed by atoms with Gasteiger partial charge in [0, 0.05) is 11.3 Å². The zero-order chi connectivity index (χ0) is 24.2. The monoisotopic (exact) mass is 485 g/mol. The van der Waals surface area contributed by atoms with Gasteiger partial charge < -0.3 is 14.4 Å². The minimum absolute atomic E-state index is 0.140. The number of carbonyl (C=O) groups excluding carboxylic acids is 2. The van der Waals surface area contributed by atoms with Crippen molar-refractivity contribution >= 4 is 34.6 Å². The Morgan fingerprint density at radius 3 is 2.43 bits per heavy atom. The molecule has 10 heteroatoms. The molecule has 0 radical (unpaired) electrons. The fraction of sp³-hybridized carbons (Fsp3) is 0.0400. The van der Waals surface area contributed by atoms with E-state index in [0.29, 0.717) is 22.8 Å². The number of hydrogen-bond acceptors (Lipinski definition) is 6. The number of imidazole rings is 1. The van der Waals surface area contributed by atoms with Gasteiger partial charge in [-0.3, -0.25) is 25.2 Å². The van der Waals surface area contributed by atoms with Crippen molar-refractivity contribution < 1.29 is 14.0 Å². The summed E-state index contributed by atoms with van der Waals surface area (Å²) >= 11 is 1.56. The number of H-pyrrole nitrogens is 2. The predicted molar refractivity (Wildman–Crippen MR) is 132 cm³/mol. The van der Waals surface area contributed by atoms with Crippen molar-refractivity contribution in [1.82, 2.24) is 25.8 Å². The predicted octanol–water partition coefficient (Wildman–Crippen LogP) is 3.88. The molecule has 5 rings (SSSR count). The topological polar surface area (TPSA) is 133 Å². The first-order chi connectivity index (χ1) is 17.1. The summed E-state index contributed by atoms with van der Waals surface area (Å²) < 4.78 is 5.23. The number of nitrogens with zero attached hydrogens (tertiary/aromatic N) is 1. The number of pyridine rings is 1. The van der Waals surface area contributed by atoms with Crippen LogP contribution in [0.25, 0.3) is 22.5 Å². The molecule has 0 aliphatic rings. The first kappa shape index (κ1) is 22.2. The number of nitrogens with one attached hydrogen (secondary N) is 4. The lowest BCUT2D eigenvalue weighted by Crippen LogP contribution is -2.43. The largest absolute Gasteiger partial charge is 0.463 e. The number of hydrazine groups is 1. The molecule has 35 heavy (non-hydrogen) atoms. The van der Waals surface area contributed by atoms with E-state index >= 15 is 0 Å². The standard InChI is InChI=1S/C25H19N5O4S/c31-22(29-30-24(33)17-11-12-20(26-23(17)32)21-6-3-13-34-21)16-9-7-15(8-10-16)14-35-25-27-18-4-1-2-5-19(18)28-25/h1-13H,14H2,(H,26,32)(H,27,28)(H,29,31)(H,30,33). The first-order valence-electron chi connectivity index (χ1n) is 10.6. The molecule has 4 N–H and O–H groups in total. The van der Waals surface area contributed by atoms with Crippen LogP contribution in [0, 0.1) is 0 Å². The molecular weight excluding hydrogens is 466 g/mol. The summed E-state index contributed by atoms with van der Waals surface area (Å²) in [6.45, 7) is 0. The van der Waals surface area contributed by atoms with Crippen LogP contribution in [0.15, 0.2) is 93.4 Å². The molecule has 3 heterocycles. The summed E-state index contributed by atoms with van der Waals surface area (Å²) in [6.07, 6.45) is 1.48. The number of benzene rings is 2. The molecule has 9 nitrogen and oxygen atoms in total. The van der Waals surface area contributed by atoms with Crippen LogP contribution in [-0.2, 0) is 5.75 Å². The normalized spacial score (nSPS) is 10.9. The van der Waals surface area contributed by atoms with E-state index in [1.165, 1.54) is 12.3 Å². The lowest BCUT2D eigenvalue weighted by Gasteiger charge is -2.08. The summed E-state index contributed by atoms with van der Waals surface area (Å²) in [7, 11) is 0. The average molecular weight is 486 g/mol. The molecule has 3 aromatic heterocycles. The first-order valence-corrected chi connectivity index (χ1v) is 11.6. The zero-order valence-electron chi connectivity index (χ0n) is 18.2. The number of carbonyl (C=O) groups is 2. The Bertz CT molecular complexity index is 1520. The third-order valence-electron chi connectivity index (χ3n) is 5.19. The van der Waals surface area contributed by atoms with E-state index in [1.807, 2.05) is 36.4 Å². The van der Waals surface area contributed by atoms with E-state index in [2.05, 4.69) is 25.8 Å². The number of aromatic amines is 2. The number of aromatic nitrogens is 3. The molecule has 2 aromatic carbocycles. The summed E-state index contributed by atoms with van der Waals surface area (Å²) in [5, 5.41) is 0.822. The van der Waals surface area contributed by atoms with Crippen molar-refractivity contribution in [3.63, 3.8) is 0 Å². The van der Waals surface area contributed by atoms with E-state index in [1.54, 1.807) is 42.1 Å². The molecule has 0 unspecified atom stereocenters. The van der Waals surface area contributed by atoms with E-state index < -0.39 is 17.4 Å². The van der Waals surface area contributed by atoms with Crippen molar-refractivity contribution in [3.05, 3.63) is 106 Å². The van der Waals surface area contributed by atoms with Crippen LogP contribution in [0.5, 0.6) is 0 Å². The van der Waals surface area contributed by atoms with Gasteiger partial charge in [0.05, 0.1) is 23.0 Å². The number of rotatable bonds is 6. The molecule has 0 aliphatic carbocycles. The molecule has 0 aliphatic heterocycles. The lowest BCUT2D eigenvalue weighted by atomic mass is 10.1. The molecule has 174 valence electrons. The Hall–Kier alpha value is -4.57. The second kappa shape index (κ2) is 9.74. The molecular formula is C25H19N5O4S. The van der Waals surface area contributed by atoms with Crippen LogP contribution in [-0.4, -0.2) is 26.8 Å². The Morgan fingerprint density at radius 2 is 1.69 bits per heavy atom. The van der Waals surface area contributed by atoms with E-state index in [4.69, 9.17) is 4.42 Å². The fourth-order valence-corrected chi connectivity index (χ4v) is 4.22. The van der Waals surface area contributed by atoms with Gasteiger partial charge in [0.2, 0.25) is 0 Å². The van der Waals surface area contributed by atoms with Crippen molar-refractivity contribution in [2.75, 3.05) is 0 Å². The molecule has 0 saturated heterocycles. The van der Waals surface area contributed by atoms with E-state index in [-0.39, 0.29) is 5.56 Å². The summed E-state index contributed by atoms with van der Waals surface area (Å²) in [5.74, 6) is -0.0837. The third kappa shape index (κ3) is 5.02. The lowest BCUT2D eigenvalue weighted by molar-refractivity contribution is 0.0846. The maximum atomic E-state index is 12.4. The molecule has 0 bridgehead atoms. The smallest absolute Gasteiger partial charge is 0.275 e. The van der Waals surface area contributed by atoms with Crippen LogP contribution in [0.1, 0.15) is 26.3 Å². The van der Waals surface area contributed by atoms with Crippen LogP contribution < -0.4 is 16.4 Å². The highest BCUT2D eigenvalue weighted by Gasteiger charge is 2.14. The van der Waals surface area contributed by atoms with Gasteiger partial charge in [0.25, 0.3) is 17.4 Å². The number of hydrogen-bond donors (Lipinski definition) is 4. The molecule has 0 saturated carbocycles. The van der Waals surface area contributed by atoms with Gasteiger partial charge in [-0.2, -0.15) is 0 Å². The van der Waals surface area contributed by atoms with Gasteiger partial charge >= 0.3 is 0 Å². The SMILES string of the molecule is O=C(NNC(=O)c1ccc(-c2ccco2)[nH]c1=O)c1ccc(CSc2nc3ccccc3[nH]2)cc1. The zero-order valence-corrected chi connectivity index (χ0v) is 19.0. The third-order valence-corrected chi connectivity index (χ3v) is 6.13. The Balaban J connectivity index is 1.15. The van der Waals surface area contributed by atoms with Gasteiger partial charge in [0.1, 0.15) is 11.3 Å². The second-order valence-corrected chi connectivity index (χ2v) is 8.51. The van der Waals surface area contributed by atoms with Crippen LogP contribution in [0.4, 0.5) is 0 Å². The Morgan fingerprint density at radius 1 is 0.886 bits per heavy atom. The van der Waals surface area contributed by atoms with Crippen LogP contribution in [0.2, 0.25) is 0 Å². The van der Waals surface area contributed by atoms with Crippen molar-refractivity contribution in [2.24, 2.45) is 0 Å². The molecule has 0 fully saturated rings. The highest BCUT2D eigenvalue weighted by atomic mass is 32.2. The highest BCUT2D eigenvalue weighted by Crippen LogP contribution is 2.23. The van der Waals surface area contributed by atoms with E-state index in [0.717, 1.165) is 21.8 Å². The van der Waals surface area contributed by atoms with Crippen LogP contribution in [0.3, 0.4) is 0 Å². The van der Waals surface area contributed by atoms with Gasteiger partial charge in [-0.05, 0) is 54.1 Å². The number of thioether (sulfide) groups is 1. The molecule has 5 aromatic rings. The number of para-hydroxylation sites is 2. The van der Waals surface area contributed by atoms with Gasteiger partial charge in [-0.15, -0.1) is 0 Å². The summed E-state index contributed by atoms with van der Waals surface area (Å²) in [6, 6.07) is 21.1. The quantitative estimate of drug-likeness (QED) is 0.213. The molecule has 0 spiro atoms. The van der Waals surface area contributed by atoms with Gasteiger partial charge in [-0.25, -0.2) is 4.98 Å². The van der Waals surface area contributed by atoms with Gasteiger partial charge in [-0.1, -0.05) is 36.0 Å². The average Bonchev–Trinajstić information content (AvgIpc) is 3.56. The second-order valence-electron chi connectivity index (χ2n) is 7.55. The fourth-order valence-electron chi connectivity index (χ4n) is 3.38. The van der Waals surface area contributed by atoms with Crippen molar-refractivity contribution in [1.29, 1.82) is 0 Å². The summed E-state index contributed by atoms with van der Waals surface area (Å²) in [5.41, 5.74) is 7.58. The Kier molecular flexibility index (Phi) is 6.18. The summed E-state index contributed by atoms with van der Waals surface area (Å²) in [4.78, 5) is 47.4. The number of furan rings is 1. The number of amides is 2. The minimum atomic E-state index is -0.732. The number of fused-ring (bicyclic) bond motifs is 1. The van der Waals surface area contributed by atoms with Crippen molar-refractivity contribution in [3.8, 4) is 11.5 Å². The molecule has 2 amide bonds. The molecule has 0 atom stereocenters. The van der Waals surface area contributed by atoms with Gasteiger partial charge in [0.15, 0.2) is 5.16 Å². The minimum Gasteiger partial charge on any atom is -0.463 e.